The lowest BCUT2D eigenvalue weighted by atomic mass is 10.0. The van der Waals surface area contributed by atoms with Crippen molar-refractivity contribution in [3.05, 3.63) is 141 Å². The molecule has 0 atom stereocenters. The molecule has 111 heavy (non-hydrogen) atoms. The fraction of sp³-hybridized carbons (Fsp3) is 0.581. The molecular weight excluding hydrogens is 1520 g/mol. The zero-order chi connectivity index (χ0) is 78.9. The predicted molar refractivity (Wildman–Crippen MR) is 489 cm³/mol. The Morgan fingerprint density at radius 3 is 1.04 bits per heavy atom. The van der Waals surface area contributed by atoms with Crippen molar-refractivity contribution in [2.24, 2.45) is 7.05 Å². The molecule has 9 rings (SSSR count). The second kappa shape index (κ2) is 47.9. The molecule has 0 bridgehead atoms. The summed E-state index contributed by atoms with van der Waals surface area (Å²) in [4.78, 5) is 56.4. The van der Waals surface area contributed by atoms with Gasteiger partial charge in [0.15, 0.2) is 17.3 Å². The predicted octanol–water partition coefficient (Wildman–Crippen LogP) is 27.3. The molecule has 0 unspecified atom stereocenters. The molecule has 598 valence electrons. The number of nitrogens with zero attached hydrogens (tertiary/aromatic N) is 8. The largest absolute Gasteiger partial charge is 0.308 e. The minimum Gasteiger partial charge on any atom is -0.308 e. The number of rotatable bonds is 52. The van der Waals surface area contributed by atoms with Crippen molar-refractivity contribution in [2.45, 2.75) is 345 Å². The number of hydrogen-bond acceptors (Lipinski definition) is 13. The Morgan fingerprint density at radius 2 is 0.694 bits per heavy atom. The third-order valence-electron chi connectivity index (χ3n) is 21.6. The van der Waals surface area contributed by atoms with E-state index in [1.165, 1.54) is 297 Å². The third-order valence-corrected chi connectivity index (χ3v) is 31.7. The van der Waals surface area contributed by atoms with Crippen LogP contribution in [0, 0.1) is 24.5 Å². The molecule has 0 aliphatic heterocycles. The molecular formula is C93H126N8O2S8. The summed E-state index contributed by atoms with van der Waals surface area (Å²) in [6.45, 7) is 36.0. The summed E-state index contributed by atoms with van der Waals surface area (Å²) in [7, 11) is 2.14. The van der Waals surface area contributed by atoms with Crippen LogP contribution in [0.2, 0.25) is 0 Å². The standard InChI is InChI=1S/C93H126N8O2S8/c1-13-21-27-33-39-45-51-67-57-73(63-80-90(102)100(19-7)92(110-80)66(9)95-10)104-83(67)77-60-70(54-48-42-36-30-24-16-4)85(107-77)79-62-72(56-50-44-38-32-26-18-6)87(109-79)89-97-88(98-99(89)12)86-71(55-49-43-37-31-25-17-5)61-78(108-86)84-69(53-47-41-35-29-23-15-3)59-76(106-84)82-68(52-46-40-34-28-22-14-2)58-74(105-82)64-81-91(103)101(20-8)93(111-81)75(65-94)96-11/h57-64H,13-56H2,1-9,12H3/b80-63+,81-64+,92-66+,93-75-. The SMILES string of the molecule is [C-]#[N+]/C(C#N)=c1\s/c(=C/c2cc(CCCCCCCC)c(-c3cc(CCCCCCCC)c(-c4cc(CCCCCCCC)c(-c5nc(-c6sc(-c7sc(-c8sc(/C=c9/s/c(=C(\C)[N+]#[C-])n(CC)c9=O)cc8CCCCCCCC)cc7CCCCCCCC)cc6CCCCCCCC)n(C)n5)s4)s3)s2)c(=O)n1CC. The van der Waals surface area contributed by atoms with Crippen LogP contribution in [-0.4, -0.2) is 23.9 Å². The fourth-order valence-corrected chi connectivity index (χ4v) is 25.3. The Bertz CT molecular complexity index is 4880. The van der Waals surface area contributed by atoms with E-state index in [4.69, 9.17) is 23.2 Å². The van der Waals surface area contributed by atoms with Gasteiger partial charge in [0.2, 0.25) is 0 Å². The number of unbranched alkanes of at least 4 members (excludes halogenated alkanes) is 30. The first kappa shape index (κ1) is 89.1. The van der Waals surface area contributed by atoms with Gasteiger partial charge in [0.1, 0.15) is 4.66 Å². The highest BCUT2D eigenvalue weighted by Crippen LogP contribution is 2.51. The van der Waals surface area contributed by atoms with E-state index in [1.807, 2.05) is 83.5 Å². The van der Waals surface area contributed by atoms with Gasteiger partial charge < -0.3 is 9.13 Å². The molecule has 10 nitrogen and oxygen atoms in total. The van der Waals surface area contributed by atoms with Crippen molar-refractivity contribution in [2.75, 3.05) is 0 Å². The van der Waals surface area contributed by atoms with Gasteiger partial charge in [-0.2, -0.15) is 0 Å². The smallest absolute Gasteiger partial charge is 0.294 e. The topological polar surface area (TPSA) is 107 Å². The first-order chi connectivity index (χ1) is 54.3. The van der Waals surface area contributed by atoms with Crippen LogP contribution in [0.3, 0.4) is 0 Å². The molecule has 0 spiro atoms. The van der Waals surface area contributed by atoms with Crippen LogP contribution in [0.15, 0.2) is 46.0 Å². The van der Waals surface area contributed by atoms with Gasteiger partial charge in [-0.25, -0.2) is 24.6 Å². The quantitative estimate of drug-likeness (QED) is 0.0279. The Labute approximate surface area is 697 Å². The normalized spacial score (nSPS) is 12.6. The maximum Gasteiger partial charge on any atom is 0.294 e. The first-order valence-electron chi connectivity index (χ1n) is 43.0. The second-order valence-corrected chi connectivity index (χ2v) is 39.0. The van der Waals surface area contributed by atoms with Crippen molar-refractivity contribution < 1.29 is 0 Å². The fourth-order valence-electron chi connectivity index (χ4n) is 15.3. The number of thiophene rings is 6. The number of aryl methyl sites for hydroxylation is 7. The average molecular weight is 1640 g/mol. The number of hydrogen-bond donors (Lipinski definition) is 0. The lowest BCUT2D eigenvalue weighted by Gasteiger charge is -2.03. The van der Waals surface area contributed by atoms with Crippen LogP contribution in [0.1, 0.15) is 337 Å². The maximum atomic E-state index is 14.0. The number of thiazole rings is 2. The second-order valence-electron chi connectivity index (χ2n) is 30.6. The first-order valence-corrected chi connectivity index (χ1v) is 49.5. The molecule has 9 aromatic heterocycles. The summed E-state index contributed by atoms with van der Waals surface area (Å²) >= 11 is 14.1. The van der Waals surface area contributed by atoms with Crippen LogP contribution >= 0.6 is 90.7 Å². The molecule has 9 heterocycles. The summed E-state index contributed by atoms with van der Waals surface area (Å²) in [5.41, 5.74) is 8.68. The number of aromatic nitrogens is 5. The van der Waals surface area contributed by atoms with Crippen molar-refractivity contribution in [3.63, 3.8) is 0 Å². The van der Waals surface area contributed by atoms with E-state index in [1.54, 1.807) is 20.5 Å². The maximum absolute atomic E-state index is 14.0. The van der Waals surface area contributed by atoms with Gasteiger partial charge in [-0.15, -0.1) is 95.8 Å². The van der Waals surface area contributed by atoms with Crippen LogP contribution in [0.4, 0.5) is 0 Å². The van der Waals surface area contributed by atoms with E-state index in [2.05, 4.69) is 112 Å². The van der Waals surface area contributed by atoms with Gasteiger partial charge in [-0.3, -0.25) is 9.59 Å². The van der Waals surface area contributed by atoms with Crippen molar-refractivity contribution in [3.8, 4) is 66.5 Å². The summed E-state index contributed by atoms with van der Waals surface area (Å²) in [5, 5.41) is 15.5. The molecule has 0 aliphatic carbocycles. The van der Waals surface area contributed by atoms with Crippen LogP contribution in [-0.2, 0) is 58.7 Å². The molecule has 18 heteroatoms. The van der Waals surface area contributed by atoms with E-state index in [9.17, 15) is 14.9 Å². The van der Waals surface area contributed by atoms with Gasteiger partial charge in [-0.1, -0.05) is 234 Å². The van der Waals surface area contributed by atoms with Gasteiger partial charge in [-0.05, 0) is 180 Å². The van der Waals surface area contributed by atoms with E-state index in [0.29, 0.717) is 32.5 Å². The monoisotopic (exact) mass is 1640 g/mol. The summed E-state index contributed by atoms with van der Waals surface area (Å²) in [6, 6.07) is 16.9. The molecule has 0 radical (unpaired) electrons. The minimum absolute atomic E-state index is 0.0103. The average Bonchev–Trinajstić information content (AvgIpc) is 1.63. The minimum atomic E-state index is -0.146. The van der Waals surface area contributed by atoms with Gasteiger partial charge in [0, 0.05) is 68.9 Å². The molecule has 0 aliphatic rings. The van der Waals surface area contributed by atoms with Gasteiger partial charge in [0.05, 0.1) is 42.7 Å². The molecule has 0 fully saturated rings. The molecule has 9 aromatic rings. The Balaban J connectivity index is 1.17. The van der Waals surface area contributed by atoms with Crippen LogP contribution in [0.5, 0.6) is 0 Å². The summed E-state index contributed by atoms with van der Waals surface area (Å²) < 4.78 is 7.91. The molecule has 0 saturated carbocycles. The highest BCUT2D eigenvalue weighted by molar-refractivity contribution is 7.28. The molecule has 0 aromatic carbocycles. The molecule has 0 N–H and O–H groups in total. The molecule has 0 amide bonds. The zero-order valence-electron chi connectivity index (χ0n) is 68.9. The zero-order valence-corrected chi connectivity index (χ0v) is 75.4. The van der Waals surface area contributed by atoms with Gasteiger partial charge in [0.25, 0.3) is 16.8 Å². The molecule has 0 saturated heterocycles. The Morgan fingerprint density at radius 1 is 0.396 bits per heavy atom. The highest BCUT2D eigenvalue weighted by atomic mass is 32.1. The van der Waals surface area contributed by atoms with E-state index in [-0.39, 0.29) is 16.8 Å². The van der Waals surface area contributed by atoms with E-state index < -0.39 is 0 Å². The van der Waals surface area contributed by atoms with Crippen molar-refractivity contribution >= 4 is 114 Å². The van der Waals surface area contributed by atoms with E-state index >= 15 is 0 Å². The summed E-state index contributed by atoms with van der Waals surface area (Å²) in [6.07, 6.45) is 54.4. The Hall–Kier alpha value is -5.85. The lowest BCUT2D eigenvalue weighted by molar-refractivity contribution is 0.607. The Kier molecular flexibility index (Phi) is 38.4. The van der Waals surface area contributed by atoms with Crippen LogP contribution < -0.4 is 29.5 Å². The highest BCUT2D eigenvalue weighted by Gasteiger charge is 2.27. The third kappa shape index (κ3) is 25.1. The lowest BCUT2D eigenvalue weighted by Crippen LogP contribution is -2.31. The van der Waals surface area contributed by atoms with Gasteiger partial charge >= 0.3 is 0 Å². The van der Waals surface area contributed by atoms with Crippen molar-refractivity contribution in [1.82, 2.24) is 23.9 Å². The van der Waals surface area contributed by atoms with E-state index in [0.717, 1.165) is 103 Å². The summed E-state index contributed by atoms with van der Waals surface area (Å²) in [5.74, 6) is 1.78. The number of nitriles is 1. The van der Waals surface area contributed by atoms with Crippen LogP contribution in [0.25, 0.3) is 93.7 Å². The van der Waals surface area contributed by atoms with Crippen molar-refractivity contribution in [1.29, 1.82) is 5.26 Å².